The summed E-state index contributed by atoms with van der Waals surface area (Å²) in [6.07, 6.45) is 0. The van der Waals surface area contributed by atoms with Gasteiger partial charge >= 0.3 is 0 Å². The summed E-state index contributed by atoms with van der Waals surface area (Å²) in [5, 5.41) is 0. The molecule has 3 N–H and O–H groups in total. The van der Waals surface area contributed by atoms with Crippen LogP contribution in [0.3, 0.4) is 0 Å². The Bertz CT molecular complexity index is 539. The zero-order chi connectivity index (χ0) is 13.9. The lowest BCUT2D eigenvalue weighted by Crippen LogP contribution is -2.36. The minimum atomic E-state index is -3.45. The number of nitrogens with two attached hydrogens (primary N) is 1. The van der Waals surface area contributed by atoms with Crippen molar-refractivity contribution >= 4 is 21.4 Å². The Morgan fingerprint density at radius 1 is 1.37 bits per heavy atom. The summed E-state index contributed by atoms with van der Waals surface area (Å²) in [6.45, 7) is 4.80. The van der Waals surface area contributed by atoms with Crippen LogP contribution in [-0.4, -0.2) is 41.3 Å². The number of nitrogen functional groups attached to an aromatic ring is 1. The Kier molecular flexibility index (Phi) is 4.28. The van der Waals surface area contributed by atoms with E-state index in [0.717, 1.165) is 18.8 Å². The summed E-state index contributed by atoms with van der Waals surface area (Å²) in [5.41, 5.74) is 7.27. The zero-order valence-electron chi connectivity index (χ0n) is 10.9. The largest absolute Gasteiger partial charge is 0.397 e. The third-order valence-electron chi connectivity index (χ3n) is 3.00. The maximum Gasteiger partial charge on any atom is 0.240 e. The van der Waals surface area contributed by atoms with Gasteiger partial charge in [-0.05, 0) is 18.2 Å². The fourth-order valence-corrected chi connectivity index (χ4v) is 3.10. The summed E-state index contributed by atoms with van der Waals surface area (Å²) in [4.78, 5) is 2.29. The van der Waals surface area contributed by atoms with Gasteiger partial charge in [-0.1, -0.05) is 6.92 Å². The number of anilines is 2. The van der Waals surface area contributed by atoms with E-state index >= 15 is 0 Å². The number of hydrogen-bond donors (Lipinski definition) is 2. The molecule has 0 saturated carbocycles. The Hall–Kier alpha value is -1.31. The fraction of sp³-hybridized carbons (Fsp3) is 0.500. The molecule has 106 valence electrons. The first-order valence-corrected chi connectivity index (χ1v) is 7.75. The second kappa shape index (κ2) is 5.77. The van der Waals surface area contributed by atoms with Gasteiger partial charge in [-0.25, -0.2) is 13.1 Å². The Morgan fingerprint density at radius 2 is 2.05 bits per heavy atom. The number of rotatable bonds is 4. The smallest absolute Gasteiger partial charge is 0.240 e. The molecule has 1 fully saturated rings. The van der Waals surface area contributed by atoms with Crippen LogP contribution in [0, 0.1) is 0 Å². The van der Waals surface area contributed by atoms with Crippen molar-refractivity contribution in [3.8, 4) is 0 Å². The van der Waals surface area contributed by atoms with Gasteiger partial charge in [-0.2, -0.15) is 0 Å². The summed E-state index contributed by atoms with van der Waals surface area (Å²) in [6, 6.07) is 4.78. The van der Waals surface area contributed by atoms with Crippen LogP contribution in [-0.2, 0) is 14.8 Å². The number of hydrogen-bond acceptors (Lipinski definition) is 5. The third kappa shape index (κ3) is 3.17. The topological polar surface area (TPSA) is 84.7 Å². The highest BCUT2D eigenvalue weighted by atomic mass is 32.2. The van der Waals surface area contributed by atoms with Crippen molar-refractivity contribution < 1.29 is 13.2 Å². The predicted molar refractivity (Wildman–Crippen MR) is 74.7 cm³/mol. The fourth-order valence-electron chi connectivity index (χ4n) is 2.04. The number of benzene rings is 1. The van der Waals surface area contributed by atoms with Crippen LogP contribution < -0.4 is 15.4 Å². The number of morpholine rings is 1. The molecule has 0 spiro atoms. The van der Waals surface area contributed by atoms with E-state index in [1.807, 2.05) is 4.90 Å². The number of nitrogens with zero attached hydrogens (tertiary/aromatic N) is 1. The third-order valence-corrected chi connectivity index (χ3v) is 4.54. The van der Waals surface area contributed by atoms with E-state index in [0.29, 0.717) is 25.4 Å². The van der Waals surface area contributed by atoms with E-state index in [4.69, 9.17) is 10.5 Å². The van der Waals surface area contributed by atoms with Crippen molar-refractivity contribution in [3.63, 3.8) is 0 Å². The van der Waals surface area contributed by atoms with Gasteiger partial charge in [0.25, 0.3) is 0 Å². The van der Waals surface area contributed by atoms with Gasteiger partial charge in [-0.15, -0.1) is 0 Å². The van der Waals surface area contributed by atoms with E-state index < -0.39 is 10.0 Å². The quantitative estimate of drug-likeness (QED) is 0.782. The first-order chi connectivity index (χ1) is 9.04. The molecule has 1 saturated heterocycles. The van der Waals surface area contributed by atoms with Gasteiger partial charge in [0.1, 0.15) is 0 Å². The monoisotopic (exact) mass is 285 g/mol. The minimum Gasteiger partial charge on any atom is -0.397 e. The van der Waals surface area contributed by atoms with Crippen LogP contribution in [0.2, 0.25) is 0 Å². The highest BCUT2D eigenvalue weighted by molar-refractivity contribution is 7.89. The van der Waals surface area contributed by atoms with Gasteiger partial charge in [-0.3, -0.25) is 0 Å². The molecular weight excluding hydrogens is 266 g/mol. The van der Waals surface area contributed by atoms with Gasteiger partial charge in [0.2, 0.25) is 10.0 Å². The van der Waals surface area contributed by atoms with Gasteiger partial charge in [0.15, 0.2) is 0 Å². The van der Waals surface area contributed by atoms with E-state index in [-0.39, 0.29) is 4.90 Å². The summed E-state index contributed by atoms with van der Waals surface area (Å²) in [5.74, 6) is 0. The molecule has 7 heteroatoms. The zero-order valence-corrected chi connectivity index (χ0v) is 11.7. The van der Waals surface area contributed by atoms with Gasteiger partial charge < -0.3 is 15.4 Å². The molecule has 0 atom stereocenters. The second-order valence-electron chi connectivity index (χ2n) is 4.32. The predicted octanol–water partition coefficient (Wildman–Crippen LogP) is 0.404. The lowest BCUT2D eigenvalue weighted by atomic mass is 10.2. The SMILES string of the molecule is CCNS(=O)(=O)c1ccc(N)c(N2CCOCC2)c1. The maximum atomic E-state index is 12.0. The van der Waals surface area contributed by atoms with E-state index in [1.54, 1.807) is 19.1 Å². The molecule has 0 aromatic heterocycles. The second-order valence-corrected chi connectivity index (χ2v) is 6.09. The summed E-state index contributed by atoms with van der Waals surface area (Å²) >= 11 is 0. The van der Waals surface area contributed by atoms with Crippen LogP contribution in [0.25, 0.3) is 0 Å². The van der Waals surface area contributed by atoms with Crippen LogP contribution in [0.15, 0.2) is 23.1 Å². The molecular formula is C12H19N3O3S. The lowest BCUT2D eigenvalue weighted by Gasteiger charge is -2.30. The number of sulfonamides is 1. The molecule has 19 heavy (non-hydrogen) atoms. The molecule has 0 unspecified atom stereocenters. The Morgan fingerprint density at radius 3 is 2.68 bits per heavy atom. The first kappa shape index (κ1) is 14.1. The molecule has 0 amide bonds. The van der Waals surface area contributed by atoms with Crippen LogP contribution in [0.4, 0.5) is 11.4 Å². The Balaban J connectivity index is 2.34. The Labute approximate surface area is 113 Å². The standard InChI is InChI=1S/C12H19N3O3S/c1-2-14-19(16,17)10-3-4-11(13)12(9-10)15-5-7-18-8-6-15/h3-4,9,14H,2,5-8,13H2,1H3. The molecule has 0 bridgehead atoms. The average molecular weight is 285 g/mol. The molecule has 1 aromatic rings. The van der Waals surface area contributed by atoms with Crippen molar-refractivity contribution in [3.05, 3.63) is 18.2 Å². The van der Waals surface area contributed by atoms with Crippen molar-refractivity contribution in [2.24, 2.45) is 0 Å². The van der Waals surface area contributed by atoms with Crippen LogP contribution >= 0.6 is 0 Å². The molecule has 1 heterocycles. The van der Waals surface area contributed by atoms with Crippen LogP contribution in [0.5, 0.6) is 0 Å². The van der Waals surface area contributed by atoms with E-state index in [1.165, 1.54) is 6.07 Å². The molecule has 1 aromatic carbocycles. The number of ether oxygens (including phenoxy) is 1. The normalized spacial score (nSPS) is 16.6. The summed E-state index contributed by atoms with van der Waals surface area (Å²) in [7, 11) is -3.45. The first-order valence-electron chi connectivity index (χ1n) is 6.26. The van der Waals surface area contributed by atoms with Crippen molar-refractivity contribution in [2.45, 2.75) is 11.8 Å². The van der Waals surface area contributed by atoms with Crippen LogP contribution in [0.1, 0.15) is 6.92 Å². The van der Waals surface area contributed by atoms with E-state index in [2.05, 4.69) is 4.72 Å². The minimum absolute atomic E-state index is 0.241. The highest BCUT2D eigenvalue weighted by Crippen LogP contribution is 2.27. The highest BCUT2D eigenvalue weighted by Gasteiger charge is 2.18. The number of nitrogens with one attached hydrogen (secondary N) is 1. The molecule has 1 aliphatic rings. The molecule has 2 rings (SSSR count). The van der Waals surface area contributed by atoms with Gasteiger partial charge in [0.05, 0.1) is 29.5 Å². The van der Waals surface area contributed by atoms with E-state index in [9.17, 15) is 8.42 Å². The molecule has 0 aliphatic carbocycles. The maximum absolute atomic E-state index is 12.0. The molecule has 6 nitrogen and oxygen atoms in total. The summed E-state index contributed by atoms with van der Waals surface area (Å²) < 4.78 is 31.7. The lowest BCUT2D eigenvalue weighted by molar-refractivity contribution is 0.123. The van der Waals surface area contributed by atoms with Crippen molar-refractivity contribution in [1.82, 2.24) is 4.72 Å². The average Bonchev–Trinajstić information content (AvgIpc) is 2.40. The van der Waals surface area contributed by atoms with Crippen molar-refractivity contribution in [1.29, 1.82) is 0 Å². The molecule has 0 radical (unpaired) electrons. The molecule has 1 aliphatic heterocycles. The van der Waals surface area contributed by atoms with Crippen molar-refractivity contribution in [2.75, 3.05) is 43.5 Å². The van der Waals surface area contributed by atoms with Gasteiger partial charge in [0, 0.05) is 19.6 Å².